The van der Waals surface area contributed by atoms with E-state index in [2.05, 4.69) is 17.0 Å². The van der Waals surface area contributed by atoms with Gasteiger partial charge < -0.3 is 4.74 Å². The third-order valence-electron chi connectivity index (χ3n) is 3.59. The van der Waals surface area contributed by atoms with Gasteiger partial charge in [0.15, 0.2) is 5.65 Å². The average molecular weight is 245 g/mol. The molecule has 0 saturated heterocycles. The lowest BCUT2D eigenvalue weighted by molar-refractivity contribution is 0.0603. The number of pyridine rings is 1. The molecule has 18 heavy (non-hydrogen) atoms. The summed E-state index contributed by atoms with van der Waals surface area (Å²) in [4.78, 5) is 16.0. The van der Waals surface area contributed by atoms with Crippen molar-refractivity contribution in [1.29, 1.82) is 0 Å². The van der Waals surface area contributed by atoms with E-state index in [1.54, 1.807) is 18.5 Å². The third kappa shape index (κ3) is 1.66. The molecule has 1 aliphatic carbocycles. The molecule has 0 bridgehead atoms. The summed E-state index contributed by atoms with van der Waals surface area (Å²) >= 11 is 0. The first-order valence-corrected chi connectivity index (χ1v) is 6.13. The zero-order chi connectivity index (χ0) is 12.7. The Balaban J connectivity index is 2.11. The molecule has 94 valence electrons. The third-order valence-corrected chi connectivity index (χ3v) is 3.59. The molecule has 0 spiro atoms. The first-order chi connectivity index (χ1) is 8.72. The van der Waals surface area contributed by atoms with Crippen LogP contribution in [0.25, 0.3) is 11.0 Å². The van der Waals surface area contributed by atoms with Crippen LogP contribution in [0.2, 0.25) is 0 Å². The minimum Gasteiger partial charge on any atom is -0.465 e. The topological polar surface area (TPSA) is 57.0 Å². The van der Waals surface area contributed by atoms with Gasteiger partial charge in [0.2, 0.25) is 0 Å². The summed E-state index contributed by atoms with van der Waals surface area (Å²) < 4.78 is 6.69. The monoisotopic (exact) mass is 245 g/mol. The highest BCUT2D eigenvalue weighted by atomic mass is 16.5. The Kier molecular flexibility index (Phi) is 2.54. The van der Waals surface area contributed by atoms with Crippen LogP contribution in [0.5, 0.6) is 0 Å². The molecule has 0 radical (unpaired) electrons. The smallest absolute Gasteiger partial charge is 0.338 e. The van der Waals surface area contributed by atoms with E-state index in [1.165, 1.54) is 20.0 Å². The minimum atomic E-state index is -0.346. The molecule has 1 atom stereocenters. The van der Waals surface area contributed by atoms with Crippen LogP contribution in [0.4, 0.5) is 0 Å². The lowest BCUT2D eigenvalue weighted by Gasteiger charge is -2.11. The summed E-state index contributed by atoms with van der Waals surface area (Å²) in [7, 11) is 1.38. The van der Waals surface area contributed by atoms with Gasteiger partial charge in [-0.15, -0.1) is 0 Å². The molecule has 1 fully saturated rings. The Hall–Kier alpha value is -1.91. The molecule has 5 nitrogen and oxygen atoms in total. The highest BCUT2D eigenvalue weighted by Gasteiger charge is 2.31. The summed E-state index contributed by atoms with van der Waals surface area (Å²) in [6.07, 6.45) is 5.83. The summed E-state index contributed by atoms with van der Waals surface area (Å²) in [6.45, 7) is 2.15. The Labute approximate surface area is 105 Å². The number of carbonyl (C=O) groups excluding carboxylic acids is 1. The van der Waals surface area contributed by atoms with Gasteiger partial charge in [-0.05, 0) is 31.7 Å². The fourth-order valence-electron chi connectivity index (χ4n) is 2.31. The van der Waals surface area contributed by atoms with Gasteiger partial charge in [0.25, 0.3) is 0 Å². The van der Waals surface area contributed by atoms with Gasteiger partial charge in [-0.2, -0.15) is 5.10 Å². The van der Waals surface area contributed by atoms with Crippen LogP contribution in [0.3, 0.4) is 0 Å². The van der Waals surface area contributed by atoms with Gasteiger partial charge in [0, 0.05) is 6.20 Å². The lowest BCUT2D eigenvalue weighted by atomic mass is 10.2. The zero-order valence-corrected chi connectivity index (χ0v) is 10.5. The number of rotatable bonds is 3. The highest BCUT2D eigenvalue weighted by Crippen LogP contribution is 2.40. The Morgan fingerprint density at radius 1 is 1.56 bits per heavy atom. The largest absolute Gasteiger partial charge is 0.465 e. The van der Waals surface area contributed by atoms with Gasteiger partial charge in [-0.3, -0.25) is 0 Å². The van der Waals surface area contributed by atoms with Crippen LogP contribution < -0.4 is 0 Å². The SMILES string of the molecule is COC(=O)c1ccnc2c1cnn2C(C)C1CC1. The molecule has 3 rings (SSSR count). The van der Waals surface area contributed by atoms with E-state index in [0.717, 1.165) is 11.0 Å². The fraction of sp³-hybridized carbons (Fsp3) is 0.462. The van der Waals surface area contributed by atoms with E-state index in [1.807, 2.05) is 4.68 Å². The van der Waals surface area contributed by atoms with Crippen LogP contribution in [0.1, 0.15) is 36.2 Å². The number of ether oxygens (including phenoxy) is 1. The molecule has 1 aliphatic rings. The second kappa shape index (κ2) is 4.08. The van der Waals surface area contributed by atoms with E-state index < -0.39 is 0 Å². The first-order valence-electron chi connectivity index (χ1n) is 6.13. The van der Waals surface area contributed by atoms with Gasteiger partial charge in [0.1, 0.15) is 0 Å². The van der Waals surface area contributed by atoms with E-state index in [-0.39, 0.29) is 5.97 Å². The minimum absolute atomic E-state index is 0.336. The summed E-state index contributed by atoms with van der Waals surface area (Å²) in [5, 5.41) is 5.14. The predicted molar refractivity (Wildman–Crippen MR) is 66.3 cm³/mol. The second-order valence-corrected chi connectivity index (χ2v) is 4.75. The molecule has 0 aromatic carbocycles. The van der Waals surface area contributed by atoms with Crippen LogP contribution in [0, 0.1) is 5.92 Å². The van der Waals surface area contributed by atoms with E-state index in [0.29, 0.717) is 17.5 Å². The van der Waals surface area contributed by atoms with Crippen molar-refractivity contribution in [1.82, 2.24) is 14.8 Å². The maximum atomic E-state index is 11.7. The Bertz CT molecular complexity index is 601. The normalized spacial score (nSPS) is 16.8. The van der Waals surface area contributed by atoms with E-state index >= 15 is 0 Å². The molecule has 0 amide bonds. The van der Waals surface area contributed by atoms with Crippen molar-refractivity contribution in [2.24, 2.45) is 5.92 Å². The van der Waals surface area contributed by atoms with Gasteiger partial charge in [-0.25, -0.2) is 14.5 Å². The Morgan fingerprint density at radius 2 is 2.33 bits per heavy atom. The van der Waals surface area contributed by atoms with Crippen molar-refractivity contribution in [2.75, 3.05) is 7.11 Å². The van der Waals surface area contributed by atoms with Crippen LogP contribution in [-0.4, -0.2) is 27.8 Å². The maximum Gasteiger partial charge on any atom is 0.338 e. The van der Waals surface area contributed by atoms with Crippen LogP contribution in [-0.2, 0) is 4.74 Å². The molecule has 0 N–H and O–H groups in total. The molecule has 2 aromatic heterocycles. The lowest BCUT2D eigenvalue weighted by Crippen LogP contribution is -2.09. The number of nitrogens with zero attached hydrogens (tertiary/aromatic N) is 3. The fourth-order valence-corrected chi connectivity index (χ4v) is 2.31. The number of esters is 1. The first kappa shape index (κ1) is 11.2. The molecule has 5 heteroatoms. The number of fused-ring (bicyclic) bond motifs is 1. The van der Waals surface area contributed by atoms with Crippen molar-refractivity contribution in [3.05, 3.63) is 24.0 Å². The summed E-state index contributed by atoms with van der Waals surface area (Å²) in [6, 6.07) is 2.00. The quantitative estimate of drug-likeness (QED) is 0.778. The molecule has 1 unspecified atom stereocenters. The number of hydrogen-bond donors (Lipinski definition) is 0. The number of aromatic nitrogens is 3. The van der Waals surface area contributed by atoms with Crippen LogP contribution >= 0.6 is 0 Å². The predicted octanol–water partition coefficient (Wildman–Crippen LogP) is 2.19. The average Bonchev–Trinajstić information content (AvgIpc) is 3.16. The number of hydrogen-bond acceptors (Lipinski definition) is 4. The van der Waals surface area contributed by atoms with Gasteiger partial charge >= 0.3 is 5.97 Å². The number of carbonyl (C=O) groups is 1. The van der Waals surface area contributed by atoms with E-state index in [9.17, 15) is 4.79 Å². The standard InChI is InChI=1S/C13H15N3O2/c1-8(9-3-4-9)16-12-11(7-15-16)10(5-6-14-12)13(17)18-2/h5-9H,3-4H2,1-2H3. The molecule has 2 heterocycles. The maximum absolute atomic E-state index is 11.7. The second-order valence-electron chi connectivity index (χ2n) is 4.75. The molecule has 2 aromatic rings. The molecular weight excluding hydrogens is 230 g/mol. The summed E-state index contributed by atoms with van der Waals surface area (Å²) in [5.41, 5.74) is 1.29. The van der Waals surface area contributed by atoms with Crippen molar-refractivity contribution >= 4 is 17.0 Å². The zero-order valence-electron chi connectivity index (χ0n) is 10.5. The highest BCUT2D eigenvalue weighted by molar-refractivity contribution is 6.02. The van der Waals surface area contributed by atoms with E-state index in [4.69, 9.17) is 4.74 Å². The van der Waals surface area contributed by atoms with Crippen molar-refractivity contribution < 1.29 is 9.53 Å². The Morgan fingerprint density at radius 3 is 3.00 bits per heavy atom. The molecule has 0 aliphatic heterocycles. The number of methoxy groups -OCH3 is 1. The van der Waals surface area contributed by atoms with Crippen molar-refractivity contribution in [3.63, 3.8) is 0 Å². The van der Waals surface area contributed by atoms with Crippen molar-refractivity contribution in [2.45, 2.75) is 25.8 Å². The van der Waals surface area contributed by atoms with Crippen LogP contribution in [0.15, 0.2) is 18.5 Å². The summed E-state index contributed by atoms with van der Waals surface area (Å²) in [5.74, 6) is 0.345. The molecule has 1 saturated carbocycles. The van der Waals surface area contributed by atoms with Gasteiger partial charge in [-0.1, -0.05) is 0 Å². The van der Waals surface area contributed by atoms with Gasteiger partial charge in [0.05, 0.1) is 30.3 Å². The molecular formula is C13H15N3O2. The van der Waals surface area contributed by atoms with Crippen molar-refractivity contribution in [3.8, 4) is 0 Å².